The predicted molar refractivity (Wildman–Crippen MR) is 113 cm³/mol. The second kappa shape index (κ2) is 7.05. The van der Waals surface area contributed by atoms with Gasteiger partial charge in [-0.15, -0.1) is 0 Å². The Kier molecular flexibility index (Phi) is 3.84. The molecule has 1 saturated carbocycles. The van der Waals surface area contributed by atoms with Gasteiger partial charge in [-0.3, -0.25) is 0 Å². The van der Waals surface area contributed by atoms with Gasteiger partial charge < -0.3 is 4.42 Å². The van der Waals surface area contributed by atoms with Crippen molar-refractivity contribution in [3.63, 3.8) is 0 Å². The van der Waals surface area contributed by atoms with Crippen LogP contribution in [0.5, 0.6) is 0 Å². The maximum Gasteiger partial charge on any atom is 0.227 e. The SMILES string of the molecule is [2H]C([2H])(c1ccc[n+](C)c1-c1c(C)ccc2c1oc1ncccc12)C1CCCCC1. The molecule has 0 bridgehead atoms. The van der Waals surface area contributed by atoms with Gasteiger partial charge in [0.1, 0.15) is 7.05 Å². The topological polar surface area (TPSA) is 29.9 Å². The smallest absolute Gasteiger partial charge is 0.227 e. The van der Waals surface area contributed by atoms with Gasteiger partial charge in [-0.1, -0.05) is 44.2 Å². The van der Waals surface area contributed by atoms with Crippen LogP contribution in [0.25, 0.3) is 33.3 Å². The zero-order valence-corrected chi connectivity index (χ0v) is 16.5. The Morgan fingerprint density at radius 2 is 1.96 bits per heavy atom. The van der Waals surface area contributed by atoms with Crippen molar-refractivity contribution in [2.75, 3.05) is 0 Å². The van der Waals surface area contributed by atoms with Gasteiger partial charge >= 0.3 is 0 Å². The van der Waals surface area contributed by atoms with Crippen LogP contribution in [0.1, 0.15) is 46.0 Å². The molecular formula is C25H27N2O+. The summed E-state index contributed by atoms with van der Waals surface area (Å²) in [4.78, 5) is 4.40. The van der Waals surface area contributed by atoms with Crippen LogP contribution in [0.3, 0.4) is 0 Å². The second-order valence-electron chi connectivity index (χ2n) is 7.95. The number of nitrogens with zero attached hydrogens (tertiary/aromatic N) is 2. The van der Waals surface area contributed by atoms with E-state index in [0.29, 0.717) is 5.71 Å². The van der Waals surface area contributed by atoms with E-state index in [-0.39, 0.29) is 5.92 Å². The van der Waals surface area contributed by atoms with E-state index in [1.165, 1.54) is 6.42 Å². The van der Waals surface area contributed by atoms with Crippen molar-refractivity contribution in [1.29, 1.82) is 0 Å². The highest BCUT2D eigenvalue weighted by Gasteiger charge is 2.26. The van der Waals surface area contributed by atoms with Gasteiger partial charge in [0.05, 0.1) is 5.56 Å². The first kappa shape index (κ1) is 15.3. The van der Waals surface area contributed by atoms with Crippen LogP contribution < -0.4 is 4.57 Å². The molecule has 3 aromatic heterocycles. The molecule has 4 aromatic rings. The molecule has 5 rings (SSSR count). The Labute approximate surface area is 168 Å². The fourth-order valence-corrected chi connectivity index (χ4v) is 4.57. The molecule has 1 aromatic carbocycles. The van der Waals surface area contributed by atoms with Gasteiger partial charge in [-0.2, -0.15) is 0 Å². The first-order chi connectivity index (χ1) is 14.5. The predicted octanol–water partition coefficient (Wildman–Crippen LogP) is 5.90. The molecule has 3 heteroatoms. The Balaban J connectivity index is 1.79. The maximum atomic E-state index is 9.14. The number of hydrogen-bond donors (Lipinski definition) is 0. The third-order valence-corrected chi connectivity index (χ3v) is 6.01. The lowest BCUT2D eigenvalue weighted by atomic mass is 9.83. The zero-order chi connectivity index (χ0) is 20.9. The largest absolute Gasteiger partial charge is 0.437 e. The van der Waals surface area contributed by atoms with Crippen LogP contribution in [0.15, 0.2) is 53.2 Å². The Hall–Kier alpha value is -2.68. The minimum atomic E-state index is -1.40. The van der Waals surface area contributed by atoms with Crippen LogP contribution in [0, 0.1) is 12.8 Å². The van der Waals surface area contributed by atoms with E-state index < -0.39 is 6.37 Å². The summed E-state index contributed by atoms with van der Waals surface area (Å²) in [5, 5.41) is 2.01. The lowest BCUT2D eigenvalue weighted by Gasteiger charge is -2.22. The first-order valence-corrected chi connectivity index (χ1v) is 10.2. The highest BCUT2D eigenvalue weighted by atomic mass is 16.3. The molecule has 3 nitrogen and oxygen atoms in total. The molecule has 1 aliphatic rings. The number of benzene rings is 1. The molecule has 0 saturated heterocycles. The quantitative estimate of drug-likeness (QED) is 0.418. The second-order valence-corrected chi connectivity index (χ2v) is 7.95. The molecule has 0 N–H and O–H groups in total. The monoisotopic (exact) mass is 373 g/mol. The van der Waals surface area contributed by atoms with Crippen molar-refractivity contribution < 1.29 is 11.7 Å². The van der Waals surface area contributed by atoms with E-state index in [9.17, 15) is 0 Å². The number of aryl methyl sites for hydroxylation is 2. The van der Waals surface area contributed by atoms with Gasteiger partial charge in [0.2, 0.25) is 11.4 Å². The molecule has 0 unspecified atom stereocenters. The van der Waals surface area contributed by atoms with Crippen molar-refractivity contribution in [3.05, 3.63) is 59.9 Å². The molecule has 142 valence electrons. The molecule has 28 heavy (non-hydrogen) atoms. The van der Waals surface area contributed by atoms with Crippen LogP contribution in [-0.4, -0.2) is 4.98 Å². The summed E-state index contributed by atoms with van der Waals surface area (Å²) in [6, 6.07) is 12.1. The van der Waals surface area contributed by atoms with E-state index in [1.54, 1.807) is 6.20 Å². The van der Waals surface area contributed by atoms with Crippen LogP contribution in [0.2, 0.25) is 0 Å². The summed E-state index contributed by atoms with van der Waals surface area (Å²) in [5.74, 6) is 0.0456. The van der Waals surface area contributed by atoms with Gasteiger partial charge in [0.15, 0.2) is 11.8 Å². The molecule has 1 aliphatic carbocycles. The van der Waals surface area contributed by atoms with Gasteiger partial charge in [0.25, 0.3) is 0 Å². The number of rotatable bonds is 3. The summed E-state index contributed by atoms with van der Waals surface area (Å²) in [6.45, 7) is 2.07. The van der Waals surface area contributed by atoms with Crippen LogP contribution in [-0.2, 0) is 13.4 Å². The molecule has 0 amide bonds. The van der Waals surface area contributed by atoms with E-state index in [4.69, 9.17) is 7.16 Å². The van der Waals surface area contributed by atoms with Crippen LogP contribution in [0.4, 0.5) is 0 Å². The fourth-order valence-electron chi connectivity index (χ4n) is 4.57. The molecular weight excluding hydrogens is 344 g/mol. The third kappa shape index (κ3) is 2.90. The summed E-state index contributed by atoms with van der Waals surface area (Å²) in [5.41, 5.74) is 5.09. The summed E-state index contributed by atoms with van der Waals surface area (Å²) < 4.78 is 26.6. The molecule has 0 spiro atoms. The fraction of sp³-hybridized carbons (Fsp3) is 0.360. The lowest BCUT2D eigenvalue weighted by molar-refractivity contribution is -0.660. The number of hydrogen-bond acceptors (Lipinski definition) is 2. The average molecular weight is 374 g/mol. The molecule has 3 heterocycles. The zero-order valence-electron chi connectivity index (χ0n) is 18.5. The highest BCUT2D eigenvalue weighted by Crippen LogP contribution is 2.38. The van der Waals surface area contributed by atoms with Crippen LogP contribution >= 0.6 is 0 Å². The van der Waals surface area contributed by atoms with E-state index in [0.717, 1.165) is 64.4 Å². The van der Waals surface area contributed by atoms with E-state index >= 15 is 0 Å². The van der Waals surface area contributed by atoms with E-state index in [1.807, 2.05) is 42.1 Å². The molecule has 0 aliphatic heterocycles. The number of furan rings is 1. The standard InChI is InChI=1S/C25H27N2O/c1-17-12-13-20-21-11-6-14-26-25(21)28-24(20)22(17)23-19(10-7-15-27(23)2)16-18-8-4-3-5-9-18/h6-7,10-15,18H,3-5,8-9,16H2,1-2H3/q+1/i16D2. The Morgan fingerprint density at radius 1 is 1.11 bits per heavy atom. The summed E-state index contributed by atoms with van der Waals surface area (Å²) in [6.07, 6.45) is 7.68. The summed E-state index contributed by atoms with van der Waals surface area (Å²) in [7, 11) is 2.00. The van der Waals surface area contributed by atoms with Crippen molar-refractivity contribution in [1.82, 2.24) is 4.98 Å². The van der Waals surface area contributed by atoms with Gasteiger partial charge in [-0.05, 0) is 43.0 Å². The Bertz CT molecular complexity index is 1240. The maximum absolute atomic E-state index is 9.14. The van der Waals surface area contributed by atoms with Crippen molar-refractivity contribution in [3.8, 4) is 11.3 Å². The van der Waals surface area contributed by atoms with Gasteiger partial charge in [-0.25, -0.2) is 9.55 Å². The number of aromatic nitrogens is 2. The first-order valence-electron chi connectivity index (χ1n) is 11.2. The number of pyridine rings is 2. The van der Waals surface area contributed by atoms with Gasteiger partial charge in [0, 0.05) is 31.3 Å². The average Bonchev–Trinajstić information content (AvgIpc) is 3.13. The molecule has 1 fully saturated rings. The van der Waals surface area contributed by atoms with E-state index in [2.05, 4.69) is 24.0 Å². The minimum Gasteiger partial charge on any atom is -0.437 e. The third-order valence-electron chi connectivity index (χ3n) is 6.01. The Morgan fingerprint density at radius 3 is 2.82 bits per heavy atom. The van der Waals surface area contributed by atoms with Crippen molar-refractivity contribution in [2.24, 2.45) is 13.0 Å². The summed E-state index contributed by atoms with van der Waals surface area (Å²) >= 11 is 0. The lowest BCUT2D eigenvalue weighted by Crippen LogP contribution is -2.32. The minimum absolute atomic E-state index is 0.0456. The van der Waals surface area contributed by atoms with Crippen molar-refractivity contribution in [2.45, 2.75) is 45.4 Å². The van der Waals surface area contributed by atoms with Crippen molar-refractivity contribution >= 4 is 22.1 Å². The number of fused-ring (bicyclic) bond motifs is 3. The molecule has 0 atom stereocenters. The highest BCUT2D eigenvalue weighted by molar-refractivity contribution is 6.08. The normalized spacial score (nSPS) is 17.1. The molecule has 0 radical (unpaired) electrons.